The summed E-state index contributed by atoms with van der Waals surface area (Å²) < 4.78 is 5.49. The fraction of sp³-hybridized carbons (Fsp3) is 0.357. The van der Waals surface area contributed by atoms with Gasteiger partial charge in [0, 0.05) is 6.54 Å². The van der Waals surface area contributed by atoms with Crippen molar-refractivity contribution >= 4 is 11.6 Å². The Kier molecular flexibility index (Phi) is 5.94. The van der Waals surface area contributed by atoms with Crippen LogP contribution < -0.4 is 15.4 Å². The first-order valence-corrected chi connectivity index (χ1v) is 6.02. The van der Waals surface area contributed by atoms with Crippen LogP contribution in [0, 0.1) is 6.92 Å². The van der Waals surface area contributed by atoms with Gasteiger partial charge in [-0.3, -0.25) is 4.79 Å². The van der Waals surface area contributed by atoms with Gasteiger partial charge in [0.2, 0.25) is 5.91 Å². The molecule has 98 valence electrons. The predicted octanol–water partition coefficient (Wildman–Crippen LogP) is 2.11. The number of hydrogen-bond acceptors (Lipinski definition) is 3. The Morgan fingerprint density at radius 1 is 1.50 bits per heavy atom. The van der Waals surface area contributed by atoms with Gasteiger partial charge < -0.3 is 15.4 Å². The van der Waals surface area contributed by atoms with Gasteiger partial charge in [0.25, 0.3) is 0 Å². The van der Waals surface area contributed by atoms with Crippen LogP contribution in [0.25, 0.3) is 0 Å². The van der Waals surface area contributed by atoms with Crippen molar-refractivity contribution in [1.29, 1.82) is 0 Å². The van der Waals surface area contributed by atoms with Crippen LogP contribution in [0.5, 0.6) is 5.75 Å². The molecule has 0 atom stereocenters. The lowest BCUT2D eigenvalue weighted by atomic mass is 10.2. The standard InChI is InChI=1S/C14H20N2O2/c1-4-8-15-10-14(17)16-12-7-6-11(3)9-13(12)18-5-2/h4,6-7,9,15H,1,5,8,10H2,2-3H3,(H,16,17). The van der Waals surface area contributed by atoms with Gasteiger partial charge in [-0.05, 0) is 31.5 Å². The number of aryl methyl sites for hydroxylation is 1. The number of benzene rings is 1. The highest BCUT2D eigenvalue weighted by Gasteiger charge is 2.07. The van der Waals surface area contributed by atoms with Crippen LogP contribution in [0.15, 0.2) is 30.9 Å². The zero-order valence-corrected chi connectivity index (χ0v) is 11.0. The van der Waals surface area contributed by atoms with Gasteiger partial charge in [-0.2, -0.15) is 0 Å². The molecule has 0 aliphatic carbocycles. The third kappa shape index (κ3) is 4.59. The lowest BCUT2D eigenvalue weighted by Crippen LogP contribution is -2.28. The number of carbonyl (C=O) groups excluding carboxylic acids is 1. The van der Waals surface area contributed by atoms with Crippen molar-refractivity contribution in [3.8, 4) is 5.75 Å². The van der Waals surface area contributed by atoms with Crippen LogP contribution in [-0.2, 0) is 4.79 Å². The van der Waals surface area contributed by atoms with Crippen molar-refractivity contribution in [1.82, 2.24) is 5.32 Å². The zero-order chi connectivity index (χ0) is 13.4. The molecule has 2 N–H and O–H groups in total. The Morgan fingerprint density at radius 2 is 2.28 bits per heavy atom. The summed E-state index contributed by atoms with van der Waals surface area (Å²) in [4.78, 5) is 11.7. The molecule has 18 heavy (non-hydrogen) atoms. The summed E-state index contributed by atoms with van der Waals surface area (Å²) in [6.07, 6.45) is 1.71. The van der Waals surface area contributed by atoms with E-state index in [1.165, 1.54) is 0 Å². The summed E-state index contributed by atoms with van der Waals surface area (Å²) >= 11 is 0. The maximum Gasteiger partial charge on any atom is 0.238 e. The van der Waals surface area contributed by atoms with Crippen LogP contribution in [0.3, 0.4) is 0 Å². The SMILES string of the molecule is C=CCNCC(=O)Nc1ccc(C)cc1OCC. The highest BCUT2D eigenvalue weighted by Crippen LogP contribution is 2.25. The molecule has 0 bridgehead atoms. The van der Waals surface area contributed by atoms with E-state index in [0.29, 0.717) is 24.6 Å². The maximum absolute atomic E-state index is 11.7. The van der Waals surface area contributed by atoms with E-state index in [2.05, 4.69) is 17.2 Å². The zero-order valence-electron chi connectivity index (χ0n) is 11.0. The summed E-state index contributed by atoms with van der Waals surface area (Å²) in [7, 11) is 0. The molecule has 0 aromatic heterocycles. The topological polar surface area (TPSA) is 50.4 Å². The van der Waals surface area contributed by atoms with E-state index < -0.39 is 0 Å². The van der Waals surface area contributed by atoms with Crippen molar-refractivity contribution in [2.24, 2.45) is 0 Å². The third-order valence-electron chi connectivity index (χ3n) is 2.29. The fourth-order valence-corrected chi connectivity index (χ4v) is 1.49. The normalized spacial score (nSPS) is 9.89. The summed E-state index contributed by atoms with van der Waals surface area (Å²) in [6, 6.07) is 5.71. The molecule has 0 saturated carbocycles. The van der Waals surface area contributed by atoms with E-state index >= 15 is 0 Å². The highest BCUT2D eigenvalue weighted by atomic mass is 16.5. The number of hydrogen-bond donors (Lipinski definition) is 2. The molecule has 4 heteroatoms. The summed E-state index contributed by atoms with van der Waals surface area (Å²) in [5, 5.41) is 5.77. The predicted molar refractivity (Wildman–Crippen MR) is 74.0 cm³/mol. The molecule has 1 aromatic rings. The second kappa shape index (κ2) is 7.50. The molecule has 0 aliphatic rings. The minimum Gasteiger partial charge on any atom is -0.492 e. The van der Waals surface area contributed by atoms with Crippen molar-refractivity contribution in [2.45, 2.75) is 13.8 Å². The van der Waals surface area contributed by atoms with E-state index in [-0.39, 0.29) is 12.5 Å². The first-order chi connectivity index (χ1) is 8.67. The minimum absolute atomic E-state index is 0.0957. The quantitative estimate of drug-likeness (QED) is 0.574. The molecular weight excluding hydrogens is 228 g/mol. The van der Waals surface area contributed by atoms with E-state index in [0.717, 1.165) is 5.56 Å². The molecule has 0 radical (unpaired) electrons. The van der Waals surface area contributed by atoms with Crippen molar-refractivity contribution in [3.05, 3.63) is 36.4 Å². The first kappa shape index (κ1) is 14.3. The van der Waals surface area contributed by atoms with Crippen molar-refractivity contribution in [2.75, 3.05) is 25.0 Å². The largest absolute Gasteiger partial charge is 0.492 e. The monoisotopic (exact) mass is 248 g/mol. The molecule has 1 amide bonds. The van der Waals surface area contributed by atoms with Gasteiger partial charge in [0.1, 0.15) is 5.75 Å². The lowest BCUT2D eigenvalue weighted by Gasteiger charge is -2.12. The van der Waals surface area contributed by atoms with E-state index in [9.17, 15) is 4.79 Å². The van der Waals surface area contributed by atoms with Crippen molar-refractivity contribution < 1.29 is 9.53 Å². The molecule has 0 heterocycles. The van der Waals surface area contributed by atoms with E-state index in [4.69, 9.17) is 4.74 Å². The Hall–Kier alpha value is -1.81. The van der Waals surface area contributed by atoms with Gasteiger partial charge in [0.05, 0.1) is 18.8 Å². The number of carbonyl (C=O) groups is 1. The van der Waals surface area contributed by atoms with Gasteiger partial charge in [-0.25, -0.2) is 0 Å². The second-order valence-electron chi connectivity index (χ2n) is 3.90. The molecule has 0 saturated heterocycles. The maximum atomic E-state index is 11.7. The second-order valence-corrected chi connectivity index (χ2v) is 3.90. The molecular formula is C14H20N2O2. The molecule has 0 aliphatic heterocycles. The van der Waals surface area contributed by atoms with Gasteiger partial charge in [-0.15, -0.1) is 6.58 Å². The number of anilines is 1. The van der Waals surface area contributed by atoms with Crippen LogP contribution in [-0.4, -0.2) is 25.6 Å². The van der Waals surface area contributed by atoms with Crippen LogP contribution in [0.4, 0.5) is 5.69 Å². The van der Waals surface area contributed by atoms with Crippen LogP contribution in [0.1, 0.15) is 12.5 Å². The molecule has 0 unspecified atom stereocenters. The Balaban J connectivity index is 2.65. The average molecular weight is 248 g/mol. The van der Waals surface area contributed by atoms with Gasteiger partial charge in [-0.1, -0.05) is 12.1 Å². The molecule has 1 aromatic carbocycles. The number of ether oxygens (including phenoxy) is 1. The average Bonchev–Trinajstić information content (AvgIpc) is 2.33. The third-order valence-corrected chi connectivity index (χ3v) is 2.29. The Bertz CT molecular complexity index is 416. The highest BCUT2D eigenvalue weighted by molar-refractivity contribution is 5.93. The summed E-state index contributed by atoms with van der Waals surface area (Å²) in [5.74, 6) is 0.608. The van der Waals surface area contributed by atoms with Gasteiger partial charge >= 0.3 is 0 Å². The fourth-order valence-electron chi connectivity index (χ4n) is 1.49. The smallest absolute Gasteiger partial charge is 0.238 e. The van der Waals surface area contributed by atoms with Crippen molar-refractivity contribution in [3.63, 3.8) is 0 Å². The van der Waals surface area contributed by atoms with E-state index in [1.807, 2.05) is 32.0 Å². The minimum atomic E-state index is -0.0957. The molecule has 1 rings (SSSR count). The summed E-state index contributed by atoms with van der Waals surface area (Å²) in [6.45, 7) is 8.91. The molecule has 0 fully saturated rings. The van der Waals surface area contributed by atoms with Crippen LogP contribution in [0.2, 0.25) is 0 Å². The van der Waals surface area contributed by atoms with E-state index in [1.54, 1.807) is 6.08 Å². The van der Waals surface area contributed by atoms with Crippen LogP contribution >= 0.6 is 0 Å². The summed E-state index contributed by atoms with van der Waals surface area (Å²) in [5.41, 5.74) is 1.80. The Morgan fingerprint density at radius 3 is 2.94 bits per heavy atom. The number of amides is 1. The lowest BCUT2D eigenvalue weighted by molar-refractivity contribution is -0.115. The molecule has 4 nitrogen and oxygen atoms in total. The van der Waals surface area contributed by atoms with Gasteiger partial charge in [0.15, 0.2) is 0 Å². The number of nitrogens with one attached hydrogen (secondary N) is 2. The Labute approximate surface area is 108 Å². The number of rotatable bonds is 7. The first-order valence-electron chi connectivity index (χ1n) is 6.02. The molecule has 0 spiro atoms.